The fourth-order valence-corrected chi connectivity index (χ4v) is 4.35. The molecular formula is C19H21F3N4O3. The van der Waals surface area contributed by atoms with Crippen molar-refractivity contribution in [3.8, 4) is 0 Å². The maximum absolute atomic E-state index is 13.0. The minimum atomic E-state index is -4.33. The highest BCUT2D eigenvalue weighted by Gasteiger charge is 2.48. The molecule has 3 aliphatic rings. The maximum atomic E-state index is 13.0. The molecule has 7 nitrogen and oxygen atoms in total. The van der Waals surface area contributed by atoms with E-state index >= 15 is 0 Å². The van der Waals surface area contributed by atoms with Crippen molar-refractivity contribution in [2.75, 3.05) is 13.1 Å². The lowest BCUT2D eigenvalue weighted by Crippen LogP contribution is -2.52. The summed E-state index contributed by atoms with van der Waals surface area (Å²) in [6.07, 6.45) is -3.87. The van der Waals surface area contributed by atoms with Gasteiger partial charge in [-0.3, -0.25) is 24.6 Å². The first kappa shape index (κ1) is 19.8. The average Bonchev–Trinajstić information content (AvgIpc) is 3.15. The number of halogens is 3. The summed E-state index contributed by atoms with van der Waals surface area (Å²) in [5.74, 6) is -2.69. The molecule has 156 valence electrons. The van der Waals surface area contributed by atoms with Gasteiger partial charge in [0.15, 0.2) is 0 Å². The van der Waals surface area contributed by atoms with Crippen LogP contribution in [0.25, 0.3) is 0 Å². The predicted molar refractivity (Wildman–Crippen MR) is 95.3 cm³/mol. The summed E-state index contributed by atoms with van der Waals surface area (Å²) >= 11 is 0. The Morgan fingerprint density at radius 3 is 2.59 bits per heavy atom. The molecule has 3 atom stereocenters. The Morgan fingerprint density at radius 2 is 1.93 bits per heavy atom. The zero-order valence-corrected chi connectivity index (χ0v) is 15.5. The fourth-order valence-electron chi connectivity index (χ4n) is 4.35. The lowest BCUT2D eigenvalue weighted by atomic mass is 10.0. The van der Waals surface area contributed by atoms with Crippen molar-refractivity contribution in [3.63, 3.8) is 0 Å². The van der Waals surface area contributed by atoms with E-state index < -0.39 is 30.1 Å². The van der Waals surface area contributed by atoms with Gasteiger partial charge in [-0.05, 0) is 23.6 Å². The molecule has 0 bridgehead atoms. The molecule has 3 N–H and O–H groups in total. The SMILES string of the molecule is N[C@@H]1CN(Cc2ccc3c(c2)C(=O)N(C2CCC(=O)NC2=O)C3)C[C@H]1C(F)(F)F. The number of imide groups is 1. The summed E-state index contributed by atoms with van der Waals surface area (Å²) in [4.78, 5) is 39.3. The Bertz CT molecular complexity index is 873. The van der Waals surface area contributed by atoms with Gasteiger partial charge in [0.25, 0.3) is 5.91 Å². The van der Waals surface area contributed by atoms with Gasteiger partial charge in [-0.2, -0.15) is 13.2 Å². The predicted octanol–water partition coefficient (Wildman–Crippen LogP) is 0.769. The Hall–Kier alpha value is -2.46. The van der Waals surface area contributed by atoms with E-state index in [0.717, 1.165) is 11.1 Å². The fraction of sp³-hybridized carbons (Fsp3) is 0.526. The van der Waals surface area contributed by atoms with Crippen molar-refractivity contribution in [1.82, 2.24) is 15.1 Å². The molecule has 0 aliphatic carbocycles. The number of benzene rings is 1. The van der Waals surface area contributed by atoms with Crippen molar-refractivity contribution in [3.05, 3.63) is 34.9 Å². The van der Waals surface area contributed by atoms with Crippen molar-refractivity contribution >= 4 is 17.7 Å². The quantitative estimate of drug-likeness (QED) is 0.718. The number of nitrogens with zero attached hydrogens (tertiary/aromatic N) is 2. The summed E-state index contributed by atoms with van der Waals surface area (Å²) in [7, 11) is 0. The second-order valence-electron chi connectivity index (χ2n) is 7.90. The van der Waals surface area contributed by atoms with Crippen LogP contribution in [0.5, 0.6) is 0 Å². The van der Waals surface area contributed by atoms with Crippen LogP contribution < -0.4 is 11.1 Å². The Balaban J connectivity index is 1.46. The molecule has 0 saturated carbocycles. The Morgan fingerprint density at radius 1 is 1.17 bits per heavy atom. The number of carbonyl (C=O) groups is 3. The molecule has 4 rings (SSSR count). The van der Waals surface area contributed by atoms with E-state index in [9.17, 15) is 27.6 Å². The van der Waals surface area contributed by atoms with Crippen LogP contribution in [0.2, 0.25) is 0 Å². The summed E-state index contributed by atoms with van der Waals surface area (Å²) < 4.78 is 39.1. The van der Waals surface area contributed by atoms with Crippen LogP contribution in [-0.4, -0.2) is 58.9 Å². The van der Waals surface area contributed by atoms with Crippen LogP contribution in [0.15, 0.2) is 18.2 Å². The van der Waals surface area contributed by atoms with E-state index in [2.05, 4.69) is 5.32 Å². The number of nitrogens with one attached hydrogen (secondary N) is 1. The number of nitrogens with two attached hydrogens (primary N) is 1. The third-order valence-electron chi connectivity index (χ3n) is 5.86. The van der Waals surface area contributed by atoms with Gasteiger partial charge >= 0.3 is 6.18 Å². The van der Waals surface area contributed by atoms with Gasteiger partial charge in [0.05, 0.1) is 5.92 Å². The van der Waals surface area contributed by atoms with Crippen LogP contribution in [0.3, 0.4) is 0 Å². The van der Waals surface area contributed by atoms with Crippen LogP contribution in [0, 0.1) is 5.92 Å². The lowest BCUT2D eigenvalue weighted by Gasteiger charge is -2.29. The topological polar surface area (TPSA) is 95.7 Å². The monoisotopic (exact) mass is 410 g/mol. The molecule has 3 heterocycles. The first-order valence-electron chi connectivity index (χ1n) is 9.44. The molecule has 3 amide bonds. The molecule has 2 saturated heterocycles. The van der Waals surface area contributed by atoms with Crippen molar-refractivity contribution in [1.29, 1.82) is 0 Å². The number of rotatable bonds is 3. The highest BCUT2D eigenvalue weighted by Crippen LogP contribution is 2.34. The van der Waals surface area contributed by atoms with Gasteiger partial charge in [0.1, 0.15) is 6.04 Å². The van der Waals surface area contributed by atoms with Crippen LogP contribution in [-0.2, 0) is 22.7 Å². The Labute approximate surface area is 165 Å². The minimum Gasteiger partial charge on any atom is -0.326 e. The van der Waals surface area contributed by atoms with Gasteiger partial charge in [0, 0.05) is 44.2 Å². The third-order valence-corrected chi connectivity index (χ3v) is 5.86. The van der Waals surface area contributed by atoms with Crippen LogP contribution >= 0.6 is 0 Å². The second kappa shape index (κ2) is 7.10. The molecule has 0 spiro atoms. The Kier molecular flexibility index (Phi) is 4.86. The first-order valence-corrected chi connectivity index (χ1v) is 9.44. The standard InChI is InChI=1S/C19H21F3N4O3/c20-19(21,22)13-8-25(9-14(13)23)6-10-1-2-11-7-26(18(29)12(11)5-10)15-3-4-16(27)24-17(15)28/h1-2,5,13-15H,3-4,6-9,23H2,(H,24,27,28)/t13-,14-,15?/m1/s1. The smallest absolute Gasteiger partial charge is 0.326 e. The molecular weight excluding hydrogens is 389 g/mol. The number of piperidine rings is 1. The van der Waals surface area contributed by atoms with Crippen LogP contribution in [0.1, 0.15) is 34.3 Å². The lowest BCUT2D eigenvalue weighted by molar-refractivity contribution is -0.173. The van der Waals surface area contributed by atoms with Gasteiger partial charge in [-0.25, -0.2) is 0 Å². The summed E-state index contributed by atoms with van der Waals surface area (Å²) in [5.41, 5.74) is 7.59. The number of alkyl halides is 3. The van der Waals surface area contributed by atoms with Gasteiger partial charge < -0.3 is 10.6 Å². The van der Waals surface area contributed by atoms with E-state index in [1.54, 1.807) is 23.1 Å². The zero-order valence-electron chi connectivity index (χ0n) is 15.5. The molecule has 0 radical (unpaired) electrons. The van der Waals surface area contributed by atoms with E-state index in [4.69, 9.17) is 5.73 Å². The van der Waals surface area contributed by atoms with Gasteiger partial charge in [-0.15, -0.1) is 0 Å². The molecule has 1 aromatic carbocycles. The maximum Gasteiger partial charge on any atom is 0.394 e. The van der Waals surface area contributed by atoms with Gasteiger partial charge in [-0.1, -0.05) is 12.1 Å². The van der Waals surface area contributed by atoms with Crippen LogP contribution in [0.4, 0.5) is 13.2 Å². The van der Waals surface area contributed by atoms with Crippen molar-refractivity contribution in [2.24, 2.45) is 11.7 Å². The molecule has 1 aromatic rings. The number of hydrogen-bond donors (Lipinski definition) is 2. The molecule has 0 aromatic heterocycles. The second-order valence-corrected chi connectivity index (χ2v) is 7.90. The molecule has 29 heavy (non-hydrogen) atoms. The minimum absolute atomic E-state index is 0.137. The third kappa shape index (κ3) is 3.74. The van der Waals surface area contributed by atoms with E-state index in [0.29, 0.717) is 5.56 Å². The number of hydrogen-bond acceptors (Lipinski definition) is 5. The number of fused-ring (bicyclic) bond motifs is 1. The van der Waals surface area contributed by atoms with Crippen molar-refractivity contribution < 1.29 is 27.6 Å². The first-order chi connectivity index (χ1) is 13.6. The normalized spacial score (nSPS) is 28.1. The number of likely N-dealkylation sites (tertiary alicyclic amines) is 1. The summed E-state index contributed by atoms with van der Waals surface area (Å²) in [6, 6.07) is 3.57. The zero-order chi connectivity index (χ0) is 20.9. The number of amides is 3. The molecule has 10 heteroatoms. The summed E-state index contributed by atoms with van der Waals surface area (Å²) in [6.45, 7) is 0.500. The average molecular weight is 410 g/mol. The largest absolute Gasteiger partial charge is 0.394 e. The molecule has 3 aliphatic heterocycles. The molecule has 2 fully saturated rings. The van der Waals surface area contributed by atoms with E-state index in [1.165, 1.54) is 4.90 Å². The van der Waals surface area contributed by atoms with Crippen molar-refractivity contribution in [2.45, 2.75) is 44.2 Å². The van der Waals surface area contributed by atoms with Gasteiger partial charge in [0.2, 0.25) is 11.8 Å². The van der Waals surface area contributed by atoms with E-state index in [-0.39, 0.29) is 50.8 Å². The number of carbonyl (C=O) groups excluding carboxylic acids is 3. The molecule has 1 unspecified atom stereocenters. The van der Waals surface area contributed by atoms with E-state index in [1.807, 2.05) is 0 Å². The highest BCUT2D eigenvalue weighted by atomic mass is 19.4. The summed E-state index contributed by atoms with van der Waals surface area (Å²) in [5, 5.41) is 2.25. The highest BCUT2D eigenvalue weighted by molar-refractivity contribution is 6.05.